The van der Waals surface area contributed by atoms with Crippen LogP contribution < -0.4 is 5.32 Å². The Morgan fingerprint density at radius 1 is 1.32 bits per heavy atom. The van der Waals surface area contributed by atoms with Gasteiger partial charge in [0.2, 0.25) is 0 Å². The van der Waals surface area contributed by atoms with E-state index in [1.807, 2.05) is 23.9 Å². The van der Waals surface area contributed by atoms with Gasteiger partial charge in [-0.1, -0.05) is 32.0 Å². The molecule has 0 saturated heterocycles. The Kier molecular flexibility index (Phi) is 6.38. The van der Waals surface area contributed by atoms with Crippen LogP contribution in [0.2, 0.25) is 0 Å². The molecule has 0 bridgehead atoms. The summed E-state index contributed by atoms with van der Waals surface area (Å²) < 4.78 is 0.248. The van der Waals surface area contributed by atoms with Crippen LogP contribution >= 0.6 is 11.8 Å². The molecule has 0 heterocycles. The summed E-state index contributed by atoms with van der Waals surface area (Å²) in [6, 6.07) is 7.16. The van der Waals surface area contributed by atoms with Crippen LogP contribution in [0.4, 0.5) is 0 Å². The summed E-state index contributed by atoms with van der Waals surface area (Å²) in [5, 5.41) is 12.5. The number of hydrogen-bond donors (Lipinski definition) is 2. The van der Waals surface area contributed by atoms with E-state index in [1.165, 1.54) is 0 Å². The average molecular weight is 281 g/mol. The first-order chi connectivity index (χ1) is 9.08. The molecule has 3 nitrogen and oxygen atoms in total. The quantitative estimate of drug-likeness (QED) is 0.767. The topological polar surface area (TPSA) is 49.3 Å². The van der Waals surface area contributed by atoms with Crippen molar-refractivity contribution >= 4 is 17.7 Å². The first kappa shape index (κ1) is 16.1. The maximum Gasteiger partial charge on any atom is 0.336 e. The molecule has 0 fully saturated rings. The SMILES string of the molecule is CCC(CC)(CNCc1ccccc1C(=O)O)SC. The van der Waals surface area contributed by atoms with Crippen molar-refractivity contribution in [3.63, 3.8) is 0 Å². The smallest absolute Gasteiger partial charge is 0.336 e. The molecule has 0 aliphatic rings. The predicted molar refractivity (Wildman–Crippen MR) is 81.9 cm³/mol. The second-order valence-electron chi connectivity index (χ2n) is 4.66. The van der Waals surface area contributed by atoms with Crippen LogP contribution in [-0.4, -0.2) is 28.6 Å². The Morgan fingerprint density at radius 2 is 1.95 bits per heavy atom. The highest BCUT2D eigenvalue weighted by atomic mass is 32.2. The van der Waals surface area contributed by atoms with Crippen LogP contribution in [0, 0.1) is 0 Å². The van der Waals surface area contributed by atoms with E-state index in [9.17, 15) is 4.79 Å². The second kappa shape index (κ2) is 7.56. The third-order valence-corrected chi connectivity index (χ3v) is 5.32. The van der Waals surface area contributed by atoms with Gasteiger partial charge in [-0.25, -0.2) is 4.79 Å². The Morgan fingerprint density at radius 3 is 2.47 bits per heavy atom. The van der Waals surface area contributed by atoms with E-state index in [1.54, 1.807) is 12.1 Å². The zero-order valence-electron chi connectivity index (χ0n) is 11.9. The summed E-state index contributed by atoms with van der Waals surface area (Å²) in [6.07, 6.45) is 4.36. The first-order valence-corrected chi connectivity index (χ1v) is 7.88. The molecule has 106 valence electrons. The minimum atomic E-state index is -0.862. The van der Waals surface area contributed by atoms with E-state index in [0.717, 1.165) is 24.9 Å². The summed E-state index contributed by atoms with van der Waals surface area (Å²) >= 11 is 1.88. The maximum absolute atomic E-state index is 11.1. The third kappa shape index (κ3) is 4.25. The molecule has 0 spiro atoms. The molecular weight excluding hydrogens is 258 g/mol. The fourth-order valence-corrected chi connectivity index (χ4v) is 2.99. The molecule has 0 radical (unpaired) electrons. The number of hydrogen-bond acceptors (Lipinski definition) is 3. The van der Waals surface area contributed by atoms with Gasteiger partial charge in [0, 0.05) is 17.8 Å². The number of thioether (sulfide) groups is 1. The van der Waals surface area contributed by atoms with E-state index in [-0.39, 0.29) is 4.75 Å². The largest absolute Gasteiger partial charge is 0.478 e. The van der Waals surface area contributed by atoms with Gasteiger partial charge in [-0.2, -0.15) is 11.8 Å². The van der Waals surface area contributed by atoms with Crippen molar-refractivity contribution in [2.75, 3.05) is 12.8 Å². The Labute approximate surface area is 119 Å². The van der Waals surface area contributed by atoms with Crippen LogP contribution in [0.15, 0.2) is 24.3 Å². The number of carboxylic acids is 1. The molecule has 0 atom stereocenters. The first-order valence-electron chi connectivity index (χ1n) is 6.65. The van der Waals surface area contributed by atoms with Crippen LogP contribution in [0.3, 0.4) is 0 Å². The Hall–Kier alpha value is -1.00. The number of benzene rings is 1. The van der Waals surface area contributed by atoms with Gasteiger partial charge in [0.05, 0.1) is 5.56 Å². The number of nitrogens with one attached hydrogen (secondary N) is 1. The lowest BCUT2D eigenvalue weighted by Gasteiger charge is -2.30. The summed E-state index contributed by atoms with van der Waals surface area (Å²) in [6.45, 7) is 5.90. The Balaban J connectivity index is 2.65. The molecule has 1 aromatic carbocycles. The summed E-state index contributed by atoms with van der Waals surface area (Å²) in [5.41, 5.74) is 1.23. The fraction of sp³-hybridized carbons (Fsp3) is 0.533. The summed E-state index contributed by atoms with van der Waals surface area (Å²) in [7, 11) is 0. The van der Waals surface area contributed by atoms with Crippen molar-refractivity contribution in [3.05, 3.63) is 35.4 Å². The standard InChI is InChI=1S/C15H23NO2S/c1-4-15(5-2,19-3)11-16-10-12-8-6-7-9-13(12)14(17)18/h6-9,16H,4-5,10-11H2,1-3H3,(H,17,18). The van der Waals surface area contributed by atoms with Crippen molar-refractivity contribution in [2.24, 2.45) is 0 Å². The zero-order chi connectivity index (χ0) is 14.3. The van der Waals surface area contributed by atoms with Gasteiger partial charge in [0.15, 0.2) is 0 Å². The van der Waals surface area contributed by atoms with Crippen LogP contribution in [0.5, 0.6) is 0 Å². The predicted octanol–water partition coefficient (Wildman–Crippen LogP) is 3.40. The maximum atomic E-state index is 11.1. The molecule has 19 heavy (non-hydrogen) atoms. The van der Waals surface area contributed by atoms with Gasteiger partial charge < -0.3 is 10.4 Å². The second-order valence-corrected chi connectivity index (χ2v) is 5.93. The number of carboxylic acid groups (broad SMARTS) is 1. The highest BCUT2D eigenvalue weighted by molar-refractivity contribution is 8.00. The highest BCUT2D eigenvalue weighted by Crippen LogP contribution is 2.29. The van der Waals surface area contributed by atoms with E-state index in [4.69, 9.17) is 5.11 Å². The molecule has 0 saturated carbocycles. The minimum absolute atomic E-state index is 0.248. The van der Waals surface area contributed by atoms with E-state index >= 15 is 0 Å². The lowest BCUT2D eigenvalue weighted by Crippen LogP contribution is -2.36. The molecule has 1 aromatic rings. The number of aromatic carboxylic acids is 1. The van der Waals surface area contributed by atoms with Crippen molar-refractivity contribution in [1.29, 1.82) is 0 Å². The van der Waals surface area contributed by atoms with Gasteiger partial charge in [0.1, 0.15) is 0 Å². The highest BCUT2D eigenvalue weighted by Gasteiger charge is 2.24. The van der Waals surface area contributed by atoms with Gasteiger partial charge >= 0.3 is 5.97 Å². The van der Waals surface area contributed by atoms with Crippen molar-refractivity contribution in [2.45, 2.75) is 38.0 Å². The molecule has 1 rings (SSSR count). The molecule has 0 unspecified atom stereocenters. The van der Waals surface area contributed by atoms with E-state index in [2.05, 4.69) is 25.4 Å². The van der Waals surface area contributed by atoms with Gasteiger partial charge in [-0.15, -0.1) is 0 Å². The fourth-order valence-electron chi connectivity index (χ4n) is 2.17. The number of rotatable bonds is 8. The lowest BCUT2D eigenvalue weighted by atomic mass is 10.0. The molecule has 2 N–H and O–H groups in total. The van der Waals surface area contributed by atoms with Gasteiger partial charge in [0.25, 0.3) is 0 Å². The van der Waals surface area contributed by atoms with Crippen LogP contribution in [0.1, 0.15) is 42.6 Å². The summed E-state index contributed by atoms with van der Waals surface area (Å²) in [5.74, 6) is -0.862. The zero-order valence-corrected chi connectivity index (χ0v) is 12.7. The van der Waals surface area contributed by atoms with Crippen LogP contribution in [0.25, 0.3) is 0 Å². The number of carbonyl (C=O) groups is 1. The third-order valence-electron chi connectivity index (χ3n) is 3.73. The molecule has 0 aliphatic heterocycles. The normalized spacial score (nSPS) is 11.5. The summed E-state index contributed by atoms with van der Waals surface area (Å²) in [4.78, 5) is 11.1. The van der Waals surface area contributed by atoms with Crippen LogP contribution in [-0.2, 0) is 6.54 Å². The minimum Gasteiger partial charge on any atom is -0.478 e. The van der Waals surface area contributed by atoms with E-state index < -0.39 is 5.97 Å². The average Bonchev–Trinajstić information content (AvgIpc) is 2.44. The molecule has 4 heteroatoms. The molecule has 0 amide bonds. The van der Waals surface area contributed by atoms with Crippen molar-refractivity contribution in [3.8, 4) is 0 Å². The van der Waals surface area contributed by atoms with E-state index in [0.29, 0.717) is 12.1 Å². The molecule has 0 aliphatic carbocycles. The molecule has 0 aromatic heterocycles. The van der Waals surface area contributed by atoms with Gasteiger partial charge in [-0.05, 0) is 30.7 Å². The van der Waals surface area contributed by atoms with Crippen molar-refractivity contribution < 1.29 is 9.90 Å². The van der Waals surface area contributed by atoms with Gasteiger partial charge in [-0.3, -0.25) is 0 Å². The van der Waals surface area contributed by atoms with Crippen molar-refractivity contribution in [1.82, 2.24) is 5.32 Å². The Bertz CT molecular complexity index is 408. The lowest BCUT2D eigenvalue weighted by molar-refractivity contribution is 0.0695. The monoisotopic (exact) mass is 281 g/mol. The molecular formula is C15H23NO2S.